The first-order chi connectivity index (χ1) is 10.1. The van der Waals surface area contributed by atoms with Crippen LogP contribution in [0.15, 0.2) is 54.6 Å². The maximum Gasteiger partial charge on any atom is 0.338 e. The van der Waals surface area contributed by atoms with Crippen molar-refractivity contribution in [3.8, 4) is 0 Å². The molecule has 3 amide bonds. The van der Waals surface area contributed by atoms with Crippen molar-refractivity contribution in [2.75, 3.05) is 15.5 Å². The normalized spacial score (nSPS) is 18.4. The Morgan fingerprint density at radius 3 is 2.29 bits per heavy atom. The van der Waals surface area contributed by atoms with Crippen LogP contribution in [0.25, 0.3) is 0 Å². The molecule has 0 aromatic heterocycles. The molecule has 1 heterocycles. The summed E-state index contributed by atoms with van der Waals surface area (Å²) < 4.78 is 0. The molecule has 1 aliphatic heterocycles. The number of hydrogen-bond acceptors (Lipinski definition) is 4. The Morgan fingerprint density at radius 2 is 1.62 bits per heavy atom. The van der Waals surface area contributed by atoms with Crippen LogP contribution in [0.4, 0.5) is 21.9 Å². The highest BCUT2D eigenvalue weighted by atomic mass is 16.3. The fourth-order valence-electron chi connectivity index (χ4n) is 2.27. The molecule has 0 radical (unpaired) electrons. The zero-order valence-electron chi connectivity index (χ0n) is 11.0. The van der Waals surface area contributed by atoms with Crippen LogP contribution in [0.1, 0.15) is 0 Å². The number of carbonyl (C=O) groups excluding carboxylic acids is 2. The van der Waals surface area contributed by atoms with E-state index in [4.69, 9.17) is 5.73 Å². The first kappa shape index (κ1) is 13.1. The van der Waals surface area contributed by atoms with Gasteiger partial charge in [0.05, 0.1) is 11.4 Å². The molecule has 6 nitrogen and oxygen atoms in total. The van der Waals surface area contributed by atoms with Gasteiger partial charge in [-0.2, -0.15) is 0 Å². The van der Waals surface area contributed by atoms with Crippen molar-refractivity contribution >= 4 is 29.0 Å². The van der Waals surface area contributed by atoms with Gasteiger partial charge in [-0.15, -0.1) is 0 Å². The zero-order chi connectivity index (χ0) is 15.0. The summed E-state index contributed by atoms with van der Waals surface area (Å²) >= 11 is 0. The van der Waals surface area contributed by atoms with Gasteiger partial charge in [-0.1, -0.05) is 24.3 Å². The maximum atomic E-state index is 12.5. The topological polar surface area (TPSA) is 86.9 Å². The molecule has 1 fully saturated rings. The van der Waals surface area contributed by atoms with E-state index in [2.05, 4.69) is 0 Å². The van der Waals surface area contributed by atoms with Crippen molar-refractivity contribution in [1.29, 1.82) is 0 Å². The van der Waals surface area contributed by atoms with Gasteiger partial charge < -0.3 is 10.8 Å². The van der Waals surface area contributed by atoms with Gasteiger partial charge in [0, 0.05) is 5.69 Å². The third-order valence-corrected chi connectivity index (χ3v) is 3.25. The number of imide groups is 1. The van der Waals surface area contributed by atoms with E-state index in [1.165, 1.54) is 6.07 Å². The second-order valence-corrected chi connectivity index (χ2v) is 4.63. The number of urea groups is 1. The van der Waals surface area contributed by atoms with Crippen LogP contribution in [0.2, 0.25) is 0 Å². The van der Waals surface area contributed by atoms with Crippen molar-refractivity contribution in [2.45, 2.75) is 6.23 Å². The monoisotopic (exact) mass is 283 g/mol. The lowest BCUT2D eigenvalue weighted by Gasteiger charge is -2.18. The maximum absolute atomic E-state index is 12.5. The SMILES string of the molecule is Nc1cccc(N2C(=O)N(c3ccccc3)C(=O)C2O)c1. The summed E-state index contributed by atoms with van der Waals surface area (Å²) in [4.78, 5) is 26.6. The van der Waals surface area contributed by atoms with E-state index in [0.29, 0.717) is 17.1 Å². The predicted octanol–water partition coefficient (Wildman–Crippen LogP) is 1.56. The molecule has 21 heavy (non-hydrogen) atoms. The van der Waals surface area contributed by atoms with Crippen molar-refractivity contribution in [2.24, 2.45) is 0 Å². The van der Waals surface area contributed by atoms with E-state index >= 15 is 0 Å². The molecule has 0 saturated carbocycles. The Hall–Kier alpha value is -2.86. The molecule has 1 atom stereocenters. The first-order valence-electron chi connectivity index (χ1n) is 6.35. The van der Waals surface area contributed by atoms with E-state index in [0.717, 1.165) is 9.80 Å². The van der Waals surface area contributed by atoms with Gasteiger partial charge in [0.25, 0.3) is 5.91 Å². The van der Waals surface area contributed by atoms with Gasteiger partial charge in [0.15, 0.2) is 0 Å². The molecule has 0 spiro atoms. The summed E-state index contributed by atoms with van der Waals surface area (Å²) in [5.41, 5.74) is 6.91. The number of nitrogen functional groups attached to an aromatic ring is 1. The third kappa shape index (κ3) is 2.11. The van der Waals surface area contributed by atoms with E-state index in [1.54, 1.807) is 48.5 Å². The molecule has 0 aliphatic carbocycles. The number of aliphatic hydroxyl groups excluding tert-OH is 1. The number of para-hydroxylation sites is 1. The van der Waals surface area contributed by atoms with Crippen LogP contribution >= 0.6 is 0 Å². The smallest absolute Gasteiger partial charge is 0.338 e. The highest BCUT2D eigenvalue weighted by molar-refractivity contribution is 6.27. The number of nitrogens with two attached hydrogens (primary N) is 1. The minimum Gasteiger partial charge on any atom is -0.399 e. The average Bonchev–Trinajstić information content (AvgIpc) is 2.70. The number of rotatable bonds is 2. The van der Waals surface area contributed by atoms with Gasteiger partial charge in [0.2, 0.25) is 6.23 Å². The Labute approximate surface area is 121 Å². The van der Waals surface area contributed by atoms with Gasteiger partial charge >= 0.3 is 6.03 Å². The first-order valence-corrected chi connectivity index (χ1v) is 6.35. The van der Waals surface area contributed by atoms with Crippen LogP contribution in [0.5, 0.6) is 0 Å². The lowest BCUT2D eigenvalue weighted by molar-refractivity contribution is -0.123. The van der Waals surface area contributed by atoms with Crippen molar-refractivity contribution in [3.05, 3.63) is 54.6 Å². The third-order valence-electron chi connectivity index (χ3n) is 3.25. The number of hydrogen-bond donors (Lipinski definition) is 2. The largest absolute Gasteiger partial charge is 0.399 e. The summed E-state index contributed by atoms with van der Waals surface area (Å²) in [6.07, 6.45) is -1.56. The Kier molecular flexibility index (Phi) is 3.08. The van der Waals surface area contributed by atoms with E-state index in [9.17, 15) is 14.7 Å². The van der Waals surface area contributed by atoms with Gasteiger partial charge in [-0.3, -0.25) is 9.69 Å². The number of aliphatic hydroxyl groups is 1. The molecule has 2 aromatic carbocycles. The molecule has 1 unspecified atom stereocenters. The number of amides is 3. The number of benzene rings is 2. The summed E-state index contributed by atoms with van der Waals surface area (Å²) in [6, 6.07) is 14.3. The molecule has 1 saturated heterocycles. The standard InChI is InChI=1S/C15H13N3O3/c16-10-5-4-8-12(9-10)18-14(20)13(19)17(15(18)21)11-6-2-1-3-7-11/h1-9,14,20H,16H2. The van der Waals surface area contributed by atoms with Gasteiger partial charge in [-0.25, -0.2) is 9.69 Å². The van der Waals surface area contributed by atoms with Gasteiger partial charge in [-0.05, 0) is 30.3 Å². The Bertz CT molecular complexity index is 702. The summed E-state index contributed by atoms with van der Waals surface area (Å²) in [5.74, 6) is -0.686. The molecule has 2 aromatic rings. The fraction of sp³-hybridized carbons (Fsp3) is 0.0667. The summed E-state index contributed by atoms with van der Waals surface area (Å²) in [6.45, 7) is 0. The Morgan fingerprint density at radius 1 is 0.952 bits per heavy atom. The zero-order valence-corrected chi connectivity index (χ0v) is 11.0. The van der Waals surface area contributed by atoms with Crippen LogP contribution in [-0.4, -0.2) is 23.3 Å². The number of carbonyl (C=O) groups is 2. The van der Waals surface area contributed by atoms with E-state index in [-0.39, 0.29) is 0 Å². The lowest BCUT2D eigenvalue weighted by atomic mass is 10.2. The Balaban J connectivity index is 2.02. The molecule has 1 aliphatic rings. The molecule has 3 N–H and O–H groups in total. The summed E-state index contributed by atoms with van der Waals surface area (Å²) in [5, 5.41) is 10.1. The molecule has 0 bridgehead atoms. The average molecular weight is 283 g/mol. The van der Waals surface area contributed by atoms with Crippen LogP contribution < -0.4 is 15.5 Å². The summed E-state index contributed by atoms with van der Waals surface area (Å²) in [7, 11) is 0. The fourth-order valence-corrected chi connectivity index (χ4v) is 2.27. The van der Waals surface area contributed by atoms with Crippen LogP contribution in [0, 0.1) is 0 Å². The second-order valence-electron chi connectivity index (χ2n) is 4.63. The van der Waals surface area contributed by atoms with Gasteiger partial charge in [0.1, 0.15) is 0 Å². The number of anilines is 3. The minimum atomic E-state index is -1.56. The minimum absolute atomic E-state index is 0.374. The van der Waals surface area contributed by atoms with Crippen LogP contribution in [0.3, 0.4) is 0 Å². The van der Waals surface area contributed by atoms with Crippen molar-refractivity contribution in [3.63, 3.8) is 0 Å². The van der Waals surface area contributed by atoms with Crippen LogP contribution in [-0.2, 0) is 4.79 Å². The molecule has 106 valence electrons. The second kappa shape index (κ2) is 4.92. The molecule has 6 heteroatoms. The van der Waals surface area contributed by atoms with Crippen molar-refractivity contribution < 1.29 is 14.7 Å². The van der Waals surface area contributed by atoms with E-state index in [1.807, 2.05) is 0 Å². The quantitative estimate of drug-likeness (QED) is 0.647. The highest BCUT2D eigenvalue weighted by Crippen LogP contribution is 2.29. The van der Waals surface area contributed by atoms with E-state index < -0.39 is 18.2 Å². The molecular weight excluding hydrogens is 270 g/mol. The molecular formula is C15H13N3O3. The van der Waals surface area contributed by atoms with Crippen molar-refractivity contribution in [1.82, 2.24) is 0 Å². The lowest BCUT2D eigenvalue weighted by Crippen LogP contribution is -2.35. The number of nitrogens with zero attached hydrogens (tertiary/aromatic N) is 2. The highest BCUT2D eigenvalue weighted by Gasteiger charge is 2.45. The molecule has 3 rings (SSSR count). The predicted molar refractivity (Wildman–Crippen MR) is 78.7 cm³/mol.